The molecule has 302 valence electrons. The van der Waals surface area contributed by atoms with E-state index in [-0.39, 0.29) is 0 Å². The van der Waals surface area contributed by atoms with Crippen LogP contribution in [0.15, 0.2) is 213 Å². The Morgan fingerprint density at radius 1 is 0.262 bits per heavy atom. The van der Waals surface area contributed by atoms with Crippen molar-refractivity contribution >= 4 is 87.4 Å². The number of fused-ring (bicyclic) bond motifs is 11. The number of aromatic nitrogens is 3. The zero-order chi connectivity index (χ0) is 42.6. The van der Waals surface area contributed by atoms with E-state index in [1.54, 1.807) is 0 Å². The zero-order valence-electron chi connectivity index (χ0n) is 34.6. The molecular formula is C59H33N3O3. The minimum Gasteiger partial charge on any atom is -0.456 e. The maximum absolute atomic E-state index is 6.86. The third-order valence-corrected chi connectivity index (χ3v) is 12.9. The number of para-hydroxylation sites is 3. The second kappa shape index (κ2) is 13.8. The molecule has 0 aliphatic heterocycles. The molecule has 4 aromatic heterocycles. The molecule has 10 aromatic carbocycles. The Hall–Kier alpha value is -8.87. The van der Waals surface area contributed by atoms with E-state index in [9.17, 15) is 0 Å². The summed E-state index contributed by atoms with van der Waals surface area (Å²) in [4.78, 5) is 15.8. The summed E-state index contributed by atoms with van der Waals surface area (Å²) in [6, 6.07) is 69.4. The van der Waals surface area contributed by atoms with Gasteiger partial charge >= 0.3 is 0 Å². The SMILES string of the molecule is c1ccc2cc(-c3nc(-c4cc(-c5ccc(-c6ccc7oc8ccccc8c7c6)c6oc7ccccc7c56)c5ccccc5c4)nc(-c4ccc5oc6ccccc6c5c4)n3)ccc2c1. The van der Waals surface area contributed by atoms with Gasteiger partial charge in [-0.05, 0) is 111 Å². The monoisotopic (exact) mass is 831 g/mol. The largest absolute Gasteiger partial charge is 0.456 e. The third kappa shape index (κ3) is 5.64. The van der Waals surface area contributed by atoms with Crippen LogP contribution in [0.25, 0.3) is 144 Å². The topological polar surface area (TPSA) is 78.1 Å². The zero-order valence-corrected chi connectivity index (χ0v) is 34.6. The maximum Gasteiger partial charge on any atom is 0.164 e. The fourth-order valence-electron chi connectivity index (χ4n) is 9.79. The first kappa shape index (κ1) is 35.7. The van der Waals surface area contributed by atoms with E-state index >= 15 is 0 Å². The quantitative estimate of drug-likeness (QED) is 0.172. The van der Waals surface area contributed by atoms with Gasteiger partial charge in [0.1, 0.15) is 33.5 Å². The van der Waals surface area contributed by atoms with E-state index in [0.717, 1.165) is 126 Å². The second-order valence-electron chi connectivity index (χ2n) is 16.7. The molecule has 0 spiro atoms. The van der Waals surface area contributed by atoms with Crippen LogP contribution in [-0.4, -0.2) is 15.0 Å². The lowest BCUT2D eigenvalue weighted by molar-refractivity contribution is 0.668. The molecule has 65 heavy (non-hydrogen) atoms. The Morgan fingerprint density at radius 2 is 0.738 bits per heavy atom. The van der Waals surface area contributed by atoms with Crippen LogP contribution >= 0.6 is 0 Å². The average molecular weight is 832 g/mol. The van der Waals surface area contributed by atoms with Crippen LogP contribution in [0, 0.1) is 0 Å². The molecule has 14 aromatic rings. The van der Waals surface area contributed by atoms with Crippen LogP contribution < -0.4 is 0 Å². The molecule has 4 heterocycles. The average Bonchev–Trinajstić information content (AvgIpc) is 4.07. The summed E-state index contributed by atoms with van der Waals surface area (Å²) in [6.07, 6.45) is 0. The number of benzene rings is 10. The highest BCUT2D eigenvalue weighted by atomic mass is 16.3. The first-order chi connectivity index (χ1) is 32.2. The molecular weight excluding hydrogens is 799 g/mol. The van der Waals surface area contributed by atoms with Gasteiger partial charge in [-0.1, -0.05) is 127 Å². The van der Waals surface area contributed by atoms with Crippen molar-refractivity contribution in [1.82, 2.24) is 15.0 Å². The van der Waals surface area contributed by atoms with E-state index in [1.807, 2.05) is 48.5 Å². The summed E-state index contributed by atoms with van der Waals surface area (Å²) in [5, 5.41) is 10.8. The Labute approximate surface area is 370 Å². The molecule has 0 atom stereocenters. The fraction of sp³-hybridized carbons (Fsp3) is 0. The standard InChI is InChI=1S/C59H33N3O3/c1-2-12-35-29-38(22-21-34(35)11-1)57-60-58(39-24-28-54-49(32-39)44-16-6-9-19-51(44)64-54)62-59(61-57)40-30-36-13-3-4-14-41(36)47(33-40)45-26-25-42(56-55(45)46-17-7-10-20-52(46)65-56)37-23-27-53-48(31-37)43-15-5-8-18-50(43)63-53/h1-33H. The van der Waals surface area contributed by atoms with Crippen LogP contribution in [0.2, 0.25) is 0 Å². The van der Waals surface area contributed by atoms with Gasteiger partial charge in [-0.25, -0.2) is 15.0 Å². The van der Waals surface area contributed by atoms with Gasteiger partial charge in [0.25, 0.3) is 0 Å². The van der Waals surface area contributed by atoms with Crippen molar-refractivity contribution < 1.29 is 13.3 Å². The Bertz CT molecular complexity index is 4270. The van der Waals surface area contributed by atoms with Gasteiger partial charge in [0.15, 0.2) is 17.5 Å². The first-order valence-corrected chi connectivity index (χ1v) is 21.7. The van der Waals surface area contributed by atoms with Crippen molar-refractivity contribution in [3.8, 4) is 56.4 Å². The molecule has 0 amide bonds. The number of nitrogens with zero attached hydrogens (tertiary/aromatic N) is 3. The summed E-state index contributed by atoms with van der Waals surface area (Å²) in [6.45, 7) is 0. The van der Waals surface area contributed by atoms with Crippen molar-refractivity contribution in [2.24, 2.45) is 0 Å². The molecule has 6 heteroatoms. The summed E-state index contributed by atoms with van der Waals surface area (Å²) >= 11 is 0. The second-order valence-corrected chi connectivity index (χ2v) is 16.7. The lowest BCUT2D eigenvalue weighted by Gasteiger charge is -2.14. The third-order valence-electron chi connectivity index (χ3n) is 12.9. The summed E-state index contributed by atoms with van der Waals surface area (Å²) < 4.78 is 19.3. The Balaban J connectivity index is 0.997. The molecule has 0 bridgehead atoms. The molecule has 0 N–H and O–H groups in total. The number of furan rings is 3. The van der Waals surface area contributed by atoms with Gasteiger partial charge in [0, 0.05) is 54.6 Å². The molecule has 0 aliphatic carbocycles. The lowest BCUT2D eigenvalue weighted by Crippen LogP contribution is -2.00. The number of hydrogen-bond acceptors (Lipinski definition) is 6. The molecule has 0 fully saturated rings. The predicted molar refractivity (Wildman–Crippen MR) is 264 cm³/mol. The first-order valence-electron chi connectivity index (χ1n) is 21.7. The molecule has 0 unspecified atom stereocenters. The molecule has 6 nitrogen and oxygen atoms in total. The van der Waals surface area contributed by atoms with Crippen molar-refractivity contribution in [3.05, 3.63) is 200 Å². The van der Waals surface area contributed by atoms with Crippen molar-refractivity contribution in [2.75, 3.05) is 0 Å². The highest BCUT2D eigenvalue weighted by Crippen LogP contribution is 2.45. The van der Waals surface area contributed by atoms with E-state index in [1.165, 1.54) is 0 Å². The van der Waals surface area contributed by atoms with Gasteiger partial charge < -0.3 is 13.3 Å². The van der Waals surface area contributed by atoms with Gasteiger partial charge in [0.05, 0.1) is 0 Å². The maximum atomic E-state index is 6.86. The van der Waals surface area contributed by atoms with Gasteiger partial charge in [0.2, 0.25) is 0 Å². The van der Waals surface area contributed by atoms with Crippen molar-refractivity contribution in [2.45, 2.75) is 0 Å². The molecule has 0 radical (unpaired) electrons. The fourth-order valence-corrected chi connectivity index (χ4v) is 9.79. The van der Waals surface area contributed by atoms with Gasteiger partial charge in [-0.15, -0.1) is 0 Å². The van der Waals surface area contributed by atoms with E-state index < -0.39 is 0 Å². The van der Waals surface area contributed by atoms with Crippen LogP contribution in [0.5, 0.6) is 0 Å². The van der Waals surface area contributed by atoms with Crippen LogP contribution in [0.4, 0.5) is 0 Å². The molecule has 14 rings (SSSR count). The smallest absolute Gasteiger partial charge is 0.164 e. The summed E-state index contributed by atoms with van der Waals surface area (Å²) in [7, 11) is 0. The van der Waals surface area contributed by atoms with E-state index in [2.05, 4.69) is 152 Å². The van der Waals surface area contributed by atoms with Gasteiger partial charge in [-0.3, -0.25) is 0 Å². The highest BCUT2D eigenvalue weighted by molar-refractivity contribution is 6.19. The normalized spacial score (nSPS) is 12.0. The molecule has 0 saturated carbocycles. The van der Waals surface area contributed by atoms with Gasteiger partial charge in [-0.2, -0.15) is 0 Å². The van der Waals surface area contributed by atoms with Crippen molar-refractivity contribution in [3.63, 3.8) is 0 Å². The minimum atomic E-state index is 0.577. The molecule has 0 saturated heterocycles. The Morgan fingerprint density at radius 3 is 1.45 bits per heavy atom. The summed E-state index contributed by atoms with van der Waals surface area (Å²) in [5.41, 5.74) is 11.9. The van der Waals surface area contributed by atoms with Crippen molar-refractivity contribution in [1.29, 1.82) is 0 Å². The number of rotatable bonds is 5. The van der Waals surface area contributed by atoms with Crippen LogP contribution in [-0.2, 0) is 0 Å². The summed E-state index contributed by atoms with van der Waals surface area (Å²) in [5.74, 6) is 1.75. The van der Waals surface area contributed by atoms with Crippen LogP contribution in [0.1, 0.15) is 0 Å². The minimum absolute atomic E-state index is 0.577. The highest BCUT2D eigenvalue weighted by Gasteiger charge is 2.22. The lowest BCUT2D eigenvalue weighted by atomic mass is 9.90. The van der Waals surface area contributed by atoms with E-state index in [4.69, 9.17) is 28.2 Å². The molecule has 0 aliphatic rings. The Kier molecular flexibility index (Phi) is 7.59. The predicted octanol–water partition coefficient (Wildman–Crippen LogP) is 16.2. The van der Waals surface area contributed by atoms with E-state index in [0.29, 0.717) is 17.5 Å². The van der Waals surface area contributed by atoms with Crippen LogP contribution in [0.3, 0.4) is 0 Å². The number of hydrogen-bond donors (Lipinski definition) is 0.